The van der Waals surface area contributed by atoms with Crippen molar-refractivity contribution in [2.45, 2.75) is 72.9 Å². The van der Waals surface area contributed by atoms with Gasteiger partial charge in [-0.15, -0.1) is 0 Å². The second-order valence-electron chi connectivity index (χ2n) is 10.2. The lowest BCUT2D eigenvalue weighted by atomic mass is 9.88. The monoisotopic (exact) mass is 512 g/mol. The minimum absolute atomic E-state index is 0.0911. The van der Waals surface area contributed by atoms with Gasteiger partial charge >= 0.3 is 0 Å². The van der Waals surface area contributed by atoms with Gasteiger partial charge in [0.1, 0.15) is 0 Å². The van der Waals surface area contributed by atoms with Crippen molar-refractivity contribution < 1.29 is 23.7 Å². The molecule has 0 fully saturated rings. The Kier molecular flexibility index (Phi) is 10.1. The van der Waals surface area contributed by atoms with E-state index in [1.807, 2.05) is 44.7 Å². The van der Waals surface area contributed by atoms with Gasteiger partial charge in [-0.2, -0.15) is 0 Å². The molecule has 0 radical (unpaired) electrons. The van der Waals surface area contributed by atoms with E-state index >= 15 is 0 Å². The number of carbonyl (C=O) groups excluding carboxylic acids is 1. The van der Waals surface area contributed by atoms with E-state index in [-0.39, 0.29) is 24.0 Å². The largest absolute Gasteiger partial charge is 0.490 e. The number of hydrogen-bond donors (Lipinski definition) is 1. The zero-order valence-corrected chi connectivity index (χ0v) is 23.6. The average molecular weight is 513 g/mol. The predicted molar refractivity (Wildman–Crippen MR) is 147 cm³/mol. The van der Waals surface area contributed by atoms with E-state index in [1.54, 1.807) is 0 Å². The lowest BCUT2D eigenvalue weighted by molar-refractivity contribution is -0.133. The summed E-state index contributed by atoms with van der Waals surface area (Å²) >= 11 is 0. The van der Waals surface area contributed by atoms with E-state index in [4.69, 9.17) is 18.9 Å². The van der Waals surface area contributed by atoms with Gasteiger partial charge < -0.3 is 29.2 Å². The van der Waals surface area contributed by atoms with E-state index < -0.39 is 0 Å². The first-order valence-corrected chi connectivity index (χ1v) is 13.6. The van der Waals surface area contributed by atoms with E-state index in [2.05, 4.69) is 44.3 Å². The third kappa shape index (κ3) is 7.54. The molecule has 0 aliphatic carbocycles. The maximum absolute atomic E-state index is 13.5. The number of nitrogens with zero attached hydrogens (tertiary/aromatic N) is 1. The third-order valence-corrected chi connectivity index (χ3v) is 6.29. The number of nitrogens with one attached hydrogen (secondary N) is 1. The first-order chi connectivity index (χ1) is 17.7. The van der Waals surface area contributed by atoms with Crippen molar-refractivity contribution in [3.63, 3.8) is 0 Å². The fourth-order valence-corrected chi connectivity index (χ4v) is 4.65. The van der Waals surface area contributed by atoms with Gasteiger partial charge in [0, 0.05) is 12.1 Å². The molecule has 0 spiro atoms. The highest BCUT2D eigenvalue weighted by atomic mass is 16.5. The van der Waals surface area contributed by atoms with Crippen LogP contribution in [0.5, 0.6) is 23.0 Å². The molecule has 204 valence electrons. The molecule has 0 saturated heterocycles. The van der Waals surface area contributed by atoms with E-state index in [0.717, 1.165) is 40.5 Å². The van der Waals surface area contributed by atoms with Crippen LogP contribution in [0.25, 0.3) is 0 Å². The molecule has 0 bridgehead atoms. The van der Waals surface area contributed by atoms with Crippen LogP contribution in [-0.2, 0) is 17.6 Å². The molecule has 1 N–H and O–H groups in total. The fraction of sp³-hybridized carbons (Fsp3) is 0.567. The lowest BCUT2D eigenvalue weighted by Crippen LogP contribution is -2.48. The topological polar surface area (TPSA) is 69.3 Å². The highest BCUT2D eigenvalue weighted by Crippen LogP contribution is 2.40. The summed E-state index contributed by atoms with van der Waals surface area (Å²) in [7, 11) is 0. The number of ether oxygens (including phenoxy) is 4. The number of carbonyl (C=O) groups is 1. The normalized spacial score (nSPS) is 15.2. The van der Waals surface area contributed by atoms with Gasteiger partial charge in [-0.1, -0.05) is 6.07 Å². The first kappa shape index (κ1) is 28.6. The molecule has 1 amide bonds. The molecule has 2 aromatic rings. The minimum Gasteiger partial charge on any atom is -0.490 e. The number of rotatable bonds is 12. The molecule has 37 heavy (non-hydrogen) atoms. The highest BCUT2D eigenvalue weighted by Gasteiger charge is 2.33. The van der Waals surface area contributed by atoms with Crippen molar-refractivity contribution in [3.05, 3.63) is 47.0 Å². The third-order valence-electron chi connectivity index (χ3n) is 6.29. The summed E-state index contributed by atoms with van der Waals surface area (Å²) in [6, 6.07) is 10.1. The Hall–Kier alpha value is -2.93. The Morgan fingerprint density at radius 2 is 1.43 bits per heavy atom. The molecule has 1 aliphatic heterocycles. The number of hydrogen-bond acceptors (Lipinski definition) is 6. The van der Waals surface area contributed by atoms with Crippen LogP contribution in [0.2, 0.25) is 0 Å². The van der Waals surface area contributed by atoms with Crippen LogP contribution in [0.3, 0.4) is 0 Å². The van der Waals surface area contributed by atoms with Crippen LogP contribution in [0, 0.1) is 0 Å². The predicted octanol–water partition coefficient (Wildman–Crippen LogP) is 5.34. The fourth-order valence-electron chi connectivity index (χ4n) is 4.65. The molecule has 0 aromatic heterocycles. The van der Waals surface area contributed by atoms with Crippen molar-refractivity contribution in [2.24, 2.45) is 0 Å². The average Bonchev–Trinajstić information content (AvgIpc) is 2.85. The smallest absolute Gasteiger partial charge is 0.237 e. The maximum Gasteiger partial charge on any atom is 0.237 e. The summed E-state index contributed by atoms with van der Waals surface area (Å²) in [5.41, 5.74) is 3.24. The minimum atomic E-state index is -0.144. The number of benzene rings is 2. The van der Waals surface area contributed by atoms with Crippen molar-refractivity contribution in [3.8, 4) is 23.0 Å². The Morgan fingerprint density at radius 1 is 0.865 bits per heavy atom. The molecule has 1 heterocycles. The van der Waals surface area contributed by atoms with Crippen molar-refractivity contribution in [1.82, 2.24) is 10.2 Å². The Morgan fingerprint density at radius 3 is 2.03 bits per heavy atom. The standard InChI is InChI=1S/C30H44N2O5/c1-8-34-25-13-12-21(17-26(25)35-9-2)16-24-23-19-28(37-11-4)27(36-10-3)18-22(23)14-15-32(24)29(33)20-31-30(5,6)7/h12-13,17-19,24,31H,8-11,14-16,20H2,1-7H3. The molecule has 1 atom stereocenters. The SMILES string of the molecule is CCOc1ccc(CC2c3cc(OCC)c(OCC)cc3CCN2C(=O)CNC(C)(C)C)cc1OCC. The van der Waals surface area contributed by atoms with Gasteiger partial charge in [0.05, 0.1) is 39.0 Å². The van der Waals surface area contributed by atoms with E-state index in [9.17, 15) is 4.79 Å². The summed E-state index contributed by atoms with van der Waals surface area (Å²) in [5.74, 6) is 3.03. The van der Waals surface area contributed by atoms with E-state index in [0.29, 0.717) is 39.4 Å². The van der Waals surface area contributed by atoms with Crippen LogP contribution in [0.4, 0.5) is 0 Å². The van der Waals surface area contributed by atoms with Gasteiger partial charge in [0.25, 0.3) is 0 Å². The quantitative estimate of drug-likeness (QED) is 0.414. The summed E-state index contributed by atoms with van der Waals surface area (Å²) in [5, 5.41) is 3.36. The second kappa shape index (κ2) is 13.0. The lowest BCUT2D eigenvalue weighted by Gasteiger charge is -2.39. The van der Waals surface area contributed by atoms with Crippen LogP contribution in [0.1, 0.15) is 71.2 Å². The van der Waals surface area contributed by atoms with E-state index in [1.165, 1.54) is 5.56 Å². The van der Waals surface area contributed by atoms with Gasteiger partial charge in [0.2, 0.25) is 5.91 Å². The molecule has 7 heteroatoms. The number of fused-ring (bicyclic) bond motifs is 1. The summed E-state index contributed by atoms with van der Waals surface area (Å²) in [6.45, 7) is 17.3. The zero-order chi connectivity index (χ0) is 27.0. The van der Waals surface area contributed by atoms with Crippen molar-refractivity contribution >= 4 is 5.91 Å². The van der Waals surface area contributed by atoms with Crippen LogP contribution in [0.15, 0.2) is 30.3 Å². The van der Waals surface area contributed by atoms with Crippen LogP contribution < -0.4 is 24.3 Å². The van der Waals surface area contributed by atoms with Gasteiger partial charge in [-0.25, -0.2) is 0 Å². The molecule has 1 aliphatic rings. The molecule has 7 nitrogen and oxygen atoms in total. The second-order valence-corrected chi connectivity index (χ2v) is 10.2. The van der Waals surface area contributed by atoms with Gasteiger partial charge in [0.15, 0.2) is 23.0 Å². The summed E-state index contributed by atoms with van der Waals surface area (Å²) in [4.78, 5) is 15.5. The molecular formula is C30H44N2O5. The molecular weight excluding hydrogens is 468 g/mol. The number of amides is 1. The first-order valence-electron chi connectivity index (χ1n) is 13.6. The molecule has 1 unspecified atom stereocenters. The Bertz CT molecular complexity index is 1050. The van der Waals surface area contributed by atoms with Gasteiger partial charge in [-0.3, -0.25) is 4.79 Å². The Labute approximate surface area is 222 Å². The molecule has 0 saturated carbocycles. The summed E-state index contributed by atoms with van der Waals surface area (Å²) in [6.07, 6.45) is 1.42. The maximum atomic E-state index is 13.5. The zero-order valence-electron chi connectivity index (χ0n) is 23.6. The Balaban J connectivity index is 2.02. The summed E-state index contributed by atoms with van der Waals surface area (Å²) < 4.78 is 23.5. The van der Waals surface area contributed by atoms with Crippen LogP contribution >= 0.6 is 0 Å². The van der Waals surface area contributed by atoms with Crippen LogP contribution in [-0.4, -0.2) is 55.9 Å². The highest BCUT2D eigenvalue weighted by molar-refractivity contribution is 5.79. The van der Waals surface area contributed by atoms with Crippen molar-refractivity contribution in [2.75, 3.05) is 39.5 Å². The van der Waals surface area contributed by atoms with Crippen molar-refractivity contribution in [1.29, 1.82) is 0 Å². The molecule has 3 rings (SSSR count). The van der Waals surface area contributed by atoms with Gasteiger partial charge in [-0.05, 0) is 102 Å². The molecule has 2 aromatic carbocycles.